The zero-order chi connectivity index (χ0) is 14.4. The molecular weight excluding hydrogens is 316 g/mol. The molecule has 0 unspecified atom stereocenters. The van der Waals surface area contributed by atoms with E-state index in [-0.39, 0.29) is 0 Å². The normalized spacial score (nSPS) is 11.3. The summed E-state index contributed by atoms with van der Waals surface area (Å²) in [5, 5.41) is 4.25. The van der Waals surface area contributed by atoms with E-state index >= 15 is 0 Å². The largest absolute Gasteiger partial charge is 0.449 e. The fraction of sp³-hybridized carbons (Fsp3) is 0.250. The zero-order valence-electron chi connectivity index (χ0n) is 10.4. The molecule has 102 valence electrons. The van der Waals surface area contributed by atoms with Crippen LogP contribution in [0.25, 0.3) is 0 Å². The van der Waals surface area contributed by atoms with Gasteiger partial charge in [-0.25, -0.2) is 9.59 Å². The minimum atomic E-state index is -1.07. The number of esters is 1. The molecule has 2 N–H and O–H groups in total. The van der Waals surface area contributed by atoms with Gasteiger partial charge in [-0.15, -0.1) is 0 Å². The minimum absolute atomic E-state index is 0.307. The van der Waals surface area contributed by atoms with Crippen molar-refractivity contribution < 1.29 is 19.1 Å². The number of carbonyl (C=O) groups excluding carboxylic acids is 3. The van der Waals surface area contributed by atoms with Gasteiger partial charge in [-0.05, 0) is 35.0 Å². The molecule has 7 heteroatoms. The molecule has 0 spiro atoms. The number of nitrogens with one attached hydrogen (secondary N) is 2. The Balaban J connectivity index is 2.64. The summed E-state index contributed by atoms with van der Waals surface area (Å²) in [6, 6.07) is 6.02. The van der Waals surface area contributed by atoms with Crippen molar-refractivity contribution in [3.63, 3.8) is 0 Å². The van der Waals surface area contributed by atoms with Crippen LogP contribution in [0, 0.1) is 0 Å². The van der Waals surface area contributed by atoms with Crippen LogP contribution in [-0.2, 0) is 9.53 Å². The van der Waals surface area contributed by atoms with E-state index in [1.54, 1.807) is 24.3 Å². The van der Waals surface area contributed by atoms with E-state index in [0.29, 0.717) is 10.0 Å². The fourth-order valence-electron chi connectivity index (χ4n) is 1.18. The highest BCUT2D eigenvalue weighted by Crippen LogP contribution is 2.17. The van der Waals surface area contributed by atoms with Crippen molar-refractivity contribution in [3.8, 4) is 0 Å². The van der Waals surface area contributed by atoms with Crippen molar-refractivity contribution in [1.29, 1.82) is 0 Å². The molecule has 1 rings (SSSR count). The molecule has 0 saturated carbocycles. The molecule has 0 aliphatic rings. The summed E-state index contributed by atoms with van der Waals surface area (Å²) in [5.41, 5.74) is 0.307. The maximum Gasteiger partial charge on any atom is 0.340 e. The lowest BCUT2D eigenvalue weighted by molar-refractivity contribution is -0.127. The molecule has 0 aliphatic heterocycles. The van der Waals surface area contributed by atoms with Gasteiger partial charge in [0.1, 0.15) is 0 Å². The lowest BCUT2D eigenvalue weighted by Crippen LogP contribution is -2.43. The van der Waals surface area contributed by atoms with Gasteiger partial charge in [0.25, 0.3) is 5.91 Å². The Morgan fingerprint density at radius 3 is 2.47 bits per heavy atom. The van der Waals surface area contributed by atoms with Crippen LogP contribution in [0.1, 0.15) is 17.3 Å². The second-order valence-corrected chi connectivity index (χ2v) is 4.45. The number of amides is 3. The third-order valence-corrected chi connectivity index (χ3v) is 2.90. The summed E-state index contributed by atoms with van der Waals surface area (Å²) in [5.74, 6) is -1.34. The average Bonchev–Trinajstić information content (AvgIpc) is 2.38. The number of halogens is 1. The van der Waals surface area contributed by atoms with Gasteiger partial charge in [0.05, 0.1) is 5.56 Å². The van der Waals surface area contributed by atoms with Crippen molar-refractivity contribution in [2.24, 2.45) is 0 Å². The molecule has 19 heavy (non-hydrogen) atoms. The van der Waals surface area contributed by atoms with Crippen LogP contribution in [0.3, 0.4) is 0 Å². The second-order valence-electron chi connectivity index (χ2n) is 3.60. The Labute approximate surface area is 118 Å². The van der Waals surface area contributed by atoms with E-state index in [1.165, 1.54) is 14.0 Å². The fourth-order valence-corrected chi connectivity index (χ4v) is 1.63. The number of carbonyl (C=O) groups is 3. The molecule has 0 bridgehead atoms. The molecule has 1 atom stereocenters. The van der Waals surface area contributed by atoms with Crippen LogP contribution in [0.5, 0.6) is 0 Å². The van der Waals surface area contributed by atoms with Crippen LogP contribution in [0.2, 0.25) is 0 Å². The molecule has 0 aromatic heterocycles. The first kappa shape index (κ1) is 15.2. The predicted molar refractivity (Wildman–Crippen MR) is 71.6 cm³/mol. The van der Waals surface area contributed by atoms with Crippen LogP contribution in [-0.4, -0.2) is 31.1 Å². The van der Waals surface area contributed by atoms with Crippen molar-refractivity contribution in [1.82, 2.24) is 10.6 Å². The third-order valence-electron chi connectivity index (χ3n) is 2.21. The first-order valence-corrected chi connectivity index (χ1v) is 6.23. The summed E-state index contributed by atoms with van der Waals surface area (Å²) in [6.07, 6.45) is -1.07. The summed E-state index contributed by atoms with van der Waals surface area (Å²) in [4.78, 5) is 34.3. The summed E-state index contributed by atoms with van der Waals surface area (Å²) in [6.45, 7) is 1.38. The number of hydrogen-bond donors (Lipinski definition) is 2. The Hall–Kier alpha value is -1.89. The van der Waals surface area contributed by atoms with Gasteiger partial charge in [-0.3, -0.25) is 10.1 Å². The van der Waals surface area contributed by atoms with Crippen molar-refractivity contribution in [2.75, 3.05) is 7.05 Å². The maximum absolute atomic E-state index is 11.8. The minimum Gasteiger partial charge on any atom is -0.449 e. The van der Waals surface area contributed by atoms with Crippen LogP contribution >= 0.6 is 15.9 Å². The lowest BCUT2D eigenvalue weighted by atomic mass is 10.2. The maximum atomic E-state index is 11.8. The van der Waals surface area contributed by atoms with Crippen molar-refractivity contribution in [2.45, 2.75) is 13.0 Å². The van der Waals surface area contributed by atoms with E-state index < -0.39 is 24.0 Å². The molecule has 1 aromatic carbocycles. The van der Waals surface area contributed by atoms with E-state index in [0.717, 1.165) is 0 Å². The first-order valence-electron chi connectivity index (χ1n) is 5.43. The van der Waals surface area contributed by atoms with Crippen molar-refractivity contribution >= 4 is 33.8 Å². The average molecular weight is 329 g/mol. The quantitative estimate of drug-likeness (QED) is 0.822. The first-order chi connectivity index (χ1) is 8.95. The Bertz CT molecular complexity index is 504. The van der Waals surface area contributed by atoms with Crippen LogP contribution in [0.15, 0.2) is 28.7 Å². The highest BCUT2D eigenvalue weighted by Gasteiger charge is 2.21. The monoisotopic (exact) mass is 328 g/mol. The number of rotatable bonds is 3. The van der Waals surface area contributed by atoms with Gasteiger partial charge in [0, 0.05) is 11.5 Å². The number of imide groups is 1. The second kappa shape index (κ2) is 6.89. The SMILES string of the molecule is CNC(=O)NC(=O)[C@@H](C)OC(=O)c1ccccc1Br. The highest BCUT2D eigenvalue weighted by molar-refractivity contribution is 9.10. The van der Waals surface area contributed by atoms with E-state index in [1.807, 2.05) is 5.32 Å². The number of hydrogen-bond acceptors (Lipinski definition) is 4. The Morgan fingerprint density at radius 1 is 1.26 bits per heavy atom. The predicted octanol–water partition coefficient (Wildman–Crippen LogP) is 1.45. The van der Waals surface area contributed by atoms with Crippen LogP contribution in [0.4, 0.5) is 4.79 Å². The van der Waals surface area contributed by atoms with Gasteiger partial charge in [-0.2, -0.15) is 0 Å². The molecule has 3 amide bonds. The molecule has 0 fully saturated rings. The molecule has 6 nitrogen and oxygen atoms in total. The molecular formula is C12H13BrN2O4. The number of benzene rings is 1. The Kier molecular flexibility index (Phi) is 5.50. The van der Waals surface area contributed by atoms with E-state index in [2.05, 4.69) is 21.2 Å². The standard InChI is InChI=1S/C12H13BrN2O4/c1-7(10(16)15-12(18)14-2)19-11(17)8-5-3-4-6-9(8)13/h3-7H,1-2H3,(H2,14,15,16,18)/t7-/m1/s1. The summed E-state index contributed by atoms with van der Waals surface area (Å²) < 4.78 is 5.53. The highest BCUT2D eigenvalue weighted by atomic mass is 79.9. The summed E-state index contributed by atoms with van der Waals surface area (Å²) >= 11 is 3.21. The van der Waals surface area contributed by atoms with Crippen LogP contribution < -0.4 is 10.6 Å². The Morgan fingerprint density at radius 2 is 1.89 bits per heavy atom. The van der Waals surface area contributed by atoms with Gasteiger partial charge in [0.15, 0.2) is 6.10 Å². The molecule has 1 aromatic rings. The molecule has 0 aliphatic carbocycles. The van der Waals surface area contributed by atoms with Gasteiger partial charge in [0.2, 0.25) is 0 Å². The van der Waals surface area contributed by atoms with E-state index in [4.69, 9.17) is 4.74 Å². The smallest absolute Gasteiger partial charge is 0.340 e. The molecule has 0 saturated heterocycles. The van der Waals surface area contributed by atoms with E-state index in [9.17, 15) is 14.4 Å². The van der Waals surface area contributed by atoms with Gasteiger partial charge < -0.3 is 10.1 Å². The molecule has 0 heterocycles. The number of ether oxygens (including phenoxy) is 1. The zero-order valence-corrected chi connectivity index (χ0v) is 12.0. The van der Waals surface area contributed by atoms with Gasteiger partial charge >= 0.3 is 12.0 Å². The third kappa shape index (κ3) is 4.36. The lowest BCUT2D eigenvalue weighted by Gasteiger charge is -2.13. The topological polar surface area (TPSA) is 84.5 Å². The molecule has 0 radical (unpaired) electrons. The van der Waals surface area contributed by atoms with Gasteiger partial charge in [-0.1, -0.05) is 12.1 Å². The van der Waals surface area contributed by atoms with Crippen molar-refractivity contribution in [3.05, 3.63) is 34.3 Å². The number of urea groups is 1. The summed E-state index contributed by atoms with van der Waals surface area (Å²) in [7, 11) is 1.38.